The van der Waals surface area contributed by atoms with Crippen LogP contribution in [-0.4, -0.2) is 28.8 Å². The lowest BCUT2D eigenvalue weighted by atomic mass is 9.69. The number of carbonyl (C=O) groups excluding carboxylic acids is 4. The van der Waals surface area contributed by atoms with E-state index in [9.17, 15) is 19.2 Å². The molecule has 9 nitrogen and oxygen atoms in total. The van der Waals surface area contributed by atoms with E-state index in [0.717, 1.165) is 11.1 Å². The van der Waals surface area contributed by atoms with Gasteiger partial charge in [-0.1, -0.05) is 112 Å². The highest BCUT2D eigenvalue weighted by atomic mass is 16.5. The van der Waals surface area contributed by atoms with Crippen LogP contribution in [0.25, 0.3) is 0 Å². The predicted molar refractivity (Wildman–Crippen MR) is 201 cm³/mol. The molecule has 5 N–H and O–H groups in total. The summed E-state index contributed by atoms with van der Waals surface area (Å²) >= 11 is 0. The standard InChI is InChI=1S/C41H56N4O5/c1-11-41(10,25-34(47)45-50)26-40(8,9)24-33(46)42-30-18-12-27(13-19-30)35(36(48)43-31-20-14-28(15-21-31)38(2,3)4)37(49)44-32-22-16-29(17-23-32)39(5,6)7/h12-23,35,50H,11,24-26H2,1-10H3,(H,42,46)(H,43,48)(H,44,49)(H,45,47). The SMILES string of the molecule is CCC(C)(CC(=O)NO)CC(C)(C)CC(=O)Nc1ccc(C(C(=O)Nc2ccc(C(C)(C)C)cc2)C(=O)Nc2ccc(C(C)(C)C)cc2)cc1. The van der Waals surface area contributed by atoms with Gasteiger partial charge in [-0.05, 0) is 81.2 Å². The quantitative estimate of drug-likeness (QED) is 0.0697. The molecule has 0 spiro atoms. The van der Waals surface area contributed by atoms with Gasteiger partial charge in [-0.15, -0.1) is 0 Å². The number of anilines is 3. The van der Waals surface area contributed by atoms with Gasteiger partial charge in [0.1, 0.15) is 5.92 Å². The normalized spacial score (nSPS) is 13.3. The average Bonchev–Trinajstić information content (AvgIpc) is 3.01. The molecule has 0 fully saturated rings. The van der Waals surface area contributed by atoms with E-state index < -0.39 is 34.5 Å². The highest BCUT2D eigenvalue weighted by Crippen LogP contribution is 2.41. The summed E-state index contributed by atoms with van der Waals surface area (Å²) in [5, 5.41) is 17.8. The van der Waals surface area contributed by atoms with E-state index in [-0.39, 0.29) is 29.6 Å². The zero-order chi connectivity index (χ0) is 37.5. The molecule has 3 aromatic rings. The fourth-order valence-electron chi connectivity index (χ4n) is 6.31. The maximum absolute atomic E-state index is 13.8. The van der Waals surface area contributed by atoms with Crippen LogP contribution in [-0.2, 0) is 30.0 Å². The molecule has 1 unspecified atom stereocenters. The van der Waals surface area contributed by atoms with Gasteiger partial charge >= 0.3 is 0 Å². The molecule has 0 aliphatic carbocycles. The third-order valence-electron chi connectivity index (χ3n) is 9.20. The maximum Gasteiger partial charge on any atom is 0.243 e. The van der Waals surface area contributed by atoms with Crippen molar-refractivity contribution in [2.45, 2.75) is 112 Å². The molecule has 0 saturated carbocycles. The van der Waals surface area contributed by atoms with Crippen molar-refractivity contribution >= 4 is 40.7 Å². The zero-order valence-electron chi connectivity index (χ0n) is 31.4. The van der Waals surface area contributed by atoms with Gasteiger partial charge in [0.25, 0.3) is 0 Å². The van der Waals surface area contributed by atoms with Crippen LogP contribution in [0.3, 0.4) is 0 Å². The molecule has 0 aliphatic rings. The van der Waals surface area contributed by atoms with Crippen LogP contribution < -0.4 is 21.4 Å². The van der Waals surface area contributed by atoms with Crippen molar-refractivity contribution in [1.29, 1.82) is 0 Å². The second kappa shape index (κ2) is 16.0. The Morgan fingerprint density at radius 3 is 1.36 bits per heavy atom. The molecule has 0 aliphatic heterocycles. The molecular weight excluding hydrogens is 628 g/mol. The third-order valence-corrected chi connectivity index (χ3v) is 9.20. The molecule has 0 bridgehead atoms. The topological polar surface area (TPSA) is 137 Å². The van der Waals surface area contributed by atoms with Crippen molar-refractivity contribution in [2.75, 3.05) is 16.0 Å². The summed E-state index contributed by atoms with van der Waals surface area (Å²) in [5.74, 6) is -2.79. The van der Waals surface area contributed by atoms with Crippen molar-refractivity contribution in [3.05, 3.63) is 89.5 Å². The highest BCUT2D eigenvalue weighted by Gasteiger charge is 2.35. The highest BCUT2D eigenvalue weighted by molar-refractivity contribution is 6.15. The molecule has 4 amide bonds. The summed E-state index contributed by atoms with van der Waals surface area (Å²) in [7, 11) is 0. The first-order valence-corrected chi connectivity index (χ1v) is 17.3. The van der Waals surface area contributed by atoms with Crippen LogP contribution in [0.15, 0.2) is 72.8 Å². The lowest BCUT2D eigenvalue weighted by Crippen LogP contribution is -2.33. The van der Waals surface area contributed by atoms with Crippen LogP contribution in [0.1, 0.15) is 118 Å². The van der Waals surface area contributed by atoms with E-state index in [1.54, 1.807) is 29.7 Å². The molecule has 0 heterocycles. The van der Waals surface area contributed by atoms with Crippen LogP contribution >= 0.6 is 0 Å². The van der Waals surface area contributed by atoms with Crippen LogP contribution in [0, 0.1) is 10.8 Å². The second-order valence-electron chi connectivity index (χ2n) is 16.6. The smallest absolute Gasteiger partial charge is 0.243 e. The van der Waals surface area contributed by atoms with Gasteiger partial charge in [-0.25, -0.2) is 5.48 Å². The van der Waals surface area contributed by atoms with Crippen molar-refractivity contribution in [3.63, 3.8) is 0 Å². The van der Waals surface area contributed by atoms with E-state index in [1.807, 2.05) is 76.2 Å². The largest absolute Gasteiger partial charge is 0.326 e. The molecule has 0 aromatic heterocycles. The van der Waals surface area contributed by atoms with Gasteiger partial charge in [-0.3, -0.25) is 24.4 Å². The minimum Gasteiger partial charge on any atom is -0.326 e. The number of rotatable bonds is 13. The molecule has 0 saturated heterocycles. The molecular formula is C41H56N4O5. The van der Waals surface area contributed by atoms with Crippen molar-refractivity contribution in [1.82, 2.24) is 5.48 Å². The number of hydroxylamine groups is 1. The van der Waals surface area contributed by atoms with Gasteiger partial charge in [-0.2, -0.15) is 0 Å². The maximum atomic E-state index is 13.8. The summed E-state index contributed by atoms with van der Waals surface area (Å²) in [6, 6.07) is 21.9. The number of carbonyl (C=O) groups is 4. The Balaban J connectivity index is 1.81. The van der Waals surface area contributed by atoms with E-state index in [4.69, 9.17) is 5.21 Å². The lowest BCUT2D eigenvalue weighted by Gasteiger charge is -2.36. The first-order valence-electron chi connectivity index (χ1n) is 17.3. The Morgan fingerprint density at radius 2 is 0.980 bits per heavy atom. The van der Waals surface area contributed by atoms with Crippen molar-refractivity contribution < 1.29 is 24.4 Å². The Kier molecular flexibility index (Phi) is 12.8. The minimum absolute atomic E-state index is 0.0467. The average molecular weight is 685 g/mol. The molecule has 270 valence electrons. The number of hydrogen-bond acceptors (Lipinski definition) is 5. The molecule has 9 heteroatoms. The lowest BCUT2D eigenvalue weighted by molar-refractivity contribution is -0.132. The number of nitrogens with one attached hydrogen (secondary N) is 4. The minimum atomic E-state index is -1.17. The van der Waals surface area contributed by atoms with Gasteiger partial charge in [0.15, 0.2) is 0 Å². The third kappa shape index (κ3) is 11.5. The molecule has 3 aromatic carbocycles. The predicted octanol–water partition coefficient (Wildman–Crippen LogP) is 8.70. The Morgan fingerprint density at radius 1 is 0.580 bits per heavy atom. The molecule has 0 radical (unpaired) electrons. The molecule has 1 atom stereocenters. The van der Waals surface area contributed by atoms with Crippen LogP contribution in [0.5, 0.6) is 0 Å². The molecule has 3 rings (SSSR count). The van der Waals surface area contributed by atoms with Gasteiger partial charge in [0, 0.05) is 29.9 Å². The fourth-order valence-corrected chi connectivity index (χ4v) is 6.31. The first kappa shape index (κ1) is 39.9. The first-order chi connectivity index (χ1) is 23.1. The Bertz CT molecular complexity index is 1560. The van der Waals surface area contributed by atoms with Crippen molar-refractivity contribution in [3.8, 4) is 0 Å². The Hall–Kier alpha value is -4.50. The summed E-state index contributed by atoms with van der Waals surface area (Å²) in [4.78, 5) is 52.6. The van der Waals surface area contributed by atoms with Gasteiger partial charge < -0.3 is 16.0 Å². The van der Waals surface area contributed by atoms with Gasteiger partial charge in [0.05, 0.1) is 0 Å². The molecule has 50 heavy (non-hydrogen) atoms. The monoisotopic (exact) mass is 684 g/mol. The Labute approximate surface area is 298 Å². The number of amides is 4. The zero-order valence-corrected chi connectivity index (χ0v) is 31.4. The second-order valence-corrected chi connectivity index (χ2v) is 16.6. The summed E-state index contributed by atoms with van der Waals surface area (Å²) in [6.07, 6.45) is 1.67. The van der Waals surface area contributed by atoms with Crippen molar-refractivity contribution in [2.24, 2.45) is 10.8 Å². The number of benzene rings is 3. The van der Waals surface area contributed by atoms with Crippen LogP contribution in [0.2, 0.25) is 0 Å². The van der Waals surface area contributed by atoms with Crippen LogP contribution in [0.4, 0.5) is 17.1 Å². The van der Waals surface area contributed by atoms with E-state index in [0.29, 0.717) is 35.5 Å². The summed E-state index contributed by atoms with van der Waals surface area (Å²) in [5.41, 5.74) is 5.21. The van der Waals surface area contributed by atoms with Gasteiger partial charge in [0.2, 0.25) is 23.6 Å². The summed E-state index contributed by atoms with van der Waals surface area (Å²) in [6.45, 7) is 20.6. The van der Waals surface area contributed by atoms with E-state index in [1.165, 1.54) is 0 Å². The number of hydrogen-bond donors (Lipinski definition) is 5. The van der Waals surface area contributed by atoms with E-state index >= 15 is 0 Å². The van der Waals surface area contributed by atoms with E-state index in [2.05, 4.69) is 57.5 Å². The fraction of sp³-hybridized carbons (Fsp3) is 0.463. The summed E-state index contributed by atoms with van der Waals surface area (Å²) < 4.78 is 0.